The van der Waals surface area contributed by atoms with Crippen LogP contribution in [0.25, 0.3) is 0 Å². The minimum atomic E-state index is -0.274. The molecule has 5 nitrogen and oxygen atoms in total. The molecular weight excluding hydrogens is 268 g/mol. The van der Waals surface area contributed by atoms with E-state index in [-0.39, 0.29) is 6.03 Å². The van der Waals surface area contributed by atoms with E-state index in [1.54, 1.807) is 12.4 Å². The number of carbonyl (C=O) groups is 1. The van der Waals surface area contributed by atoms with Gasteiger partial charge in [-0.15, -0.1) is 0 Å². The van der Waals surface area contributed by atoms with Gasteiger partial charge in [0.25, 0.3) is 0 Å². The van der Waals surface area contributed by atoms with Gasteiger partial charge in [-0.2, -0.15) is 0 Å². The SMILES string of the molecule is O=C(Nc1ncc(Br)s1)n1ccnc1. The molecule has 14 heavy (non-hydrogen) atoms. The molecule has 0 aromatic carbocycles. The standard InChI is InChI=1S/C7H5BrN4OS/c8-5-3-10-6(14-5)11-7(13)12-2-1-9-4-12/h1-4H,(H,10,11,13). The average molecular weight is 273 g/mol. The molecule has 7 heteroatoms. The van der Waals surface area contributed by atoms with Crippen LogP contribution in [0.4, 0.5) is 9.93 Å². The second-order valence-corrected chi connectivity index (χ2v) is 4.78. The summed E-state index contributed by atoms with van der Waals surface area (Å²) in [4.78, 5) is 19.2. The molecule has 0 aliphatic carbocycles. The van der Waals surface area contributed by atoms with Gasteiger partial charge in [-0.3, -0.25) is 9.88 Å². The van der Waals surface area contributed by atoms with Crippen molar-refractivity contribution in [3.05, 3.63) is 28.7 Å². The number of nitrogens with one attached hydrogen (secondary N) is 1. The highest BCUT2D eigenvalue weighted by Gasteiger charge is 2.06. The van der Waals surface area contributed by atoms with Gasteiger partial charge in [0, 0.05) is 12.4 Å². The van der Waals surface area contributed by atoms with E-state index in [1.807, 2.05) is 0 Å². The van der Waals surface area contributed by atoms with Crippen LogP contribution in [0, 0.1) is 0 Å². The summed E-state index contributed by atoms with van der Waals surface area (Å²) in [5.41, 5.74) is 0. The third-order valence-corrected chi connectivity index (χ3v) is 2.82. The first-order valence-corrected chi connectivity index (χ1v) is 5.27. The largest absolute Gasteiger partial charge is 0.333 e. The average Bonchev–Trinajstić information content (AvgIpc) is 2.75. The predicted molar refractivity (Wildman–Crippen MR) is 56.5 cm³/mol. The Morgan fingerprint density at radius 1 is 1.64 bits per heavy atom. The minimum Gasteiger partial charge on any atom is -0.283 e. The monoisotopic (exact) mass is 272 g/mol. The molecule has 1 N–H and O–H groups in total. The Labute approximate surface area is 91.9 Å². The summed E-state index contributed by atoms with van der Waals surface area (Å²) in [6.07, 6.45) is 6.17. The molecule has 0 radical (unpaired) electrons. The van der Waals surface area contributed by atoms with Gasteiger partial charge >= 0.3 is 6.03 Å². The van der Waals surface area contributed by atoms with Gasteiger partial charge in [-0.25, -0.2) is 14.8 Å². The smallest absolute Gasteiger partial charge is 0.283 e. The van der Waals surface area contributed by atoms with Crippen molar-refractivity contribution >= 4 is 38.4 Å². The van der Waals surface area contributed by atoms with Crippen LogP contribution in [0.2, 0.25) is 0 Å². The second kappa shape index (κ2) is 3.89. The van der Waals surface area contributed by atoms with E-state index in [0.717, 1.165) is 3.79 Å². The van der Waals surface area contributed by atoms with Crippen molar-refractivity contribution in [1.29, 1.82) is 0 Å². The van der Waals surface area contributed by atoms with Crippen molar-refractivity contribution in [2.45, 2.75) is 0 Å². The van der Waals surface area contributed by atoms with Gasteiger partial charge in [-0.05, 0) is 15.9 Å². The molecule has 0 saturated carbocycles. The van der Waals surface area contributed by atoms with E-state index in [4.69, 9.17) is 0 Å². The zero-order chi connectivity index (χ0) is 9.97. The molecule has 2 aromatic heterocycles. The van der Waals surface area contributed by atoms with E-state index in [1.165, 1.54) is 28.4 Å². The van der Waals surface area contributed by atoms with Crippen molar-refractivity contribution in [1.82, 2.24) is 14.5 Å². The maximum atomic E-state index is 11.4. The summed E-state index contributed by atoms with van der Waals surface area (Å²) >= 11 is 4.61. The van der Waals surface area contributed by atoms with Gasteiger partial charge in [0.05, 0.1) is 9.98 Å². The molecule has 2 heterocycles. The lowest BCUT2D eigenvalue weighted by atomic mass is 10.8. The van der Waals surface area contributed by atoms with Crippen LogP contribution < -0.4 is 5.32 Å². The molecular formula is C7H5BrN4OS. The summed E-state index contributed by atoms with van der Waals surface area (Å²) in [7, 11) is 0. The Morgan fingerprint density at radius 2 is 2.50 bits per heavy atom. The van der Waals surface area contributed by atoms with Gasteiger partial charge in [0.2, 0.25) is 0 Å². The quantitative estimate of drug-likeness (QED) is 0.866. The molecule has 2 rings (SSSR count). The third kappa shape index (κ3) is 1.99. The zero-order valence-electron chi connectivity index (χ0n) is 6.85. The molecule has 2 aromatic rings. The Hall–Kier alpha value is -1.21. The van der Waals surface area contributed by atoms with E-state index < -0.39 is 0 Å². The number of hydrogen-bond acceptors (Lipinski definition) is 4. The van der Waals surface area contributed by atoms with Crippen LogP contribution in [-0.2, 0) is 0 Å². The lowest BCUT2D eigenvalue weighted by Crippen LogP contribution is -2.17. The minimum absolute atomic E-state index is 0.274. The highest BCUT2D eigenvalue weighted by Crippen LogP contribution is 2.23. The fraction of sp³-hybridized carbons (Fsp3) is 0. The van der Waals surface area contributed by atoms with E-state index in [9.17, 15) is 4.79 Å². The fourth-order valence-corrected chi connectivity index (χ4v) is 1.94. The van der Waals surface area contributed by atoms with Crippen LogP contribution in [0.5, 0.6) is 0 Å². The maximum absolute atomic E-state index is 11.4. The van der Waals surface area contributed by atoms with Gasteiger partial charge in [0.15, 0.2) is 5.13 Å². The molecule has 0 spiro atoms. The van der Waals surface area contributed by atoms with Gasteiger partial charge < -0.3 is 0 Å². The Kier molecular flexibility index (Phi) is 2.60. The van der Waals surface area contributed by atoms with Gasteiger partial charge in [0.1, 0.15) is 6.33 Å². The number of thiazole rings is 1. The second-order valence-electron chi connectivity index (χ2n) is 2.37. The Balaban J connectivity index is 2.09. The molecule has 0 fully saturated rings. The van der Waals surface area contributed by atoms with E-state index >= 15 is 0 Å². The van der Waals surface area contributed by atoms with Crippen molar-refractivity contribution in [3.63, 3.8) is 0 Å². The molecule has 0 bridgehead atoms. The van der Waals surface area contributed by atoms with Gasteiger partial charge in [-0.1, -0.05) is 11.3 Å². The summed E-state index contributed by atoms with van der Waals surface area (Å²) < 4.78 is 2.22. The number of amides is 1. The summed E-state index contributed by atoms with van der Waals surface area (Å²) in [6, 6.07) is -0.274. The highest BCUT2D eigenvalue weighted by atomic mass is 79.9. The molecule has 0 unspecified atom stereocenters. The normalized spacial score (nSPS) is 10.1. The molecule has 0 saturated heterocycles. The summed E-state index contributed by atoms with van der Waals surface area (Å²) in [5, 5.41) is 3.18. The first-order chi connectivity index (χ1) is 6.75. The lowest BCUT2D eigenvalue weighted by molar-refractivity contribution is 0.253. The van der Waals surface area contributed by atoms with Crippen LogP contribution in [0.1, 0.15) is 0 Å². The van der Waals surface area contributed by atoms with Crippen LogP contribution >= 0.6 is 27.3 Å². The number of imidazole rings is 1. The molecule has 1 amide bonds. The van der Waals surface area contributed by atoms with Crippen LogP contribution in [0.3, 0.4) is 0 Å². The predicted octanol–water partition coefficient (Wildman–Crippen LogP) is 2.18. The number of anilines is 1. The highest BCUT2D eigenvalue weighted by molar-refractivity contribution is 9.11. The molecule has 0 atom stereocenters. The third-order valence-electron chi connectivity index (χ3n) is 1.43. The van der Waals surface area contributed by atoms with Crippen LogP contribution in [-0.4, -0.2) is 20.6 Å². The maximum Gasteiger partial charge on any atom is 0.333 e. The first kappa shape index (κ1) is 9.35. The number of rotatable bonds is 1. The summed E-state index contributed by atoms with van der Waals surface area (Å²) in [5.74, 6) is 0. The lowest BCUT2D eigenvalue weighted by Gasteiger charge is -1.99. The number of nitrogens with zero attached hydrogens (tertiary/aromatic N) is 3. The van der Waals surface area contributed by atoms with Crippen molar-refractivity contribution in [2.24, 2.45) is 0 Å². The number of aromatic nitrogens is 3. The van der Waals surface area contributed by atoms with Crippen molar-refractivity contribution < 1.29 is 4.79 Å². The van der Waals surface area contributed by atoms with Crippen LogP contribution in [0.15, 0.2) is 28.7 Å². The van der Waals surface area contributed by atoms with E-state index in [2.05, 4.69) is 31.2 Å². The summed E-state index contributed by atoms with van der Waals surface area (Å²) in [6.45, 7) is 0. The van der Waals surface area contributed by atoms with E-state index in [0.29, 0.717) is 5.13 Å². The van der Waals surface area contributed by atoms with Crippen molar-refractivity contribution in [2.75, 3.05) is 5.32 Å². The number of halogens is 1. The Bertz CT molecular complexity index is 438. The zero-order valence-corrected chi connectivity index (χ0v) is 9.25. The molecule has 0 aliphatic rings. The van der Waals surface area contributed by atoms with Crippen molar-refractivity contribution in [3.8, 4) is 0 Å². The number of carbonyl (C=O) groups excluding carboxylic acids is 1. The Morgan fingerprint density at radius 3 is 3.07 bits per heavy atom. The fourth-order valence-electron chi connectivity index (χ4n) is 0.848. The first-order valence-electron chi connectivity index (χ1n) is 3.66. The molecule has 0 aliphatic heterocycles. The topological polar surface area (TPSA) is 59.8 Å². The number of hydrogen-bond donors (Lipinski definition) is 1. The molecule has 72 valence electrons.